The molecule has 0 radical (unpaired) electrons. The number of amidine groups is 1. The SMILES string of the molecule is Cc1cc(C)c2c3c(sc2n1)C1=NCCN1N=N3. The molecule has 90 valence electrons. The van der Waals surface area contributed by atoms with Crippen LogP contribution in [-0.4, -0.2) is 28.9 Å². The van der Waals surface area contributed by atoms with Crippen LogP contribution in [0.25, 0.3) is 10.2 Å². The Morgan fingerprint density at radius 1 is 1.33 bits per heavy atom. The van der Waals surface area contributed by atoms with Gasteiger partial charge in [0.15, 0.2) is 5.84 Å². The lowest BCUT2D eigenvalue weighted by Gasteiger charge is -2.15. The molecule has 4 heterocycles. The maximum atomic E-state index is 4.60. The van der Waals surface area contributed by atoms with Gasteiger partial charge in [0.1, 0.15) is 15.4 Å². The second-order valence-electron chi connectivity index (χ2n) is 4.56. The first kappa shape index (κ1) is 10.1. The lowest BCUT2D eigenvalue weighted by molar-refractivity contribution is 0.454. The van der Waals surface area contributed by atoms with E-state index in [9.17, 15) is 0 Å². The molecule has 5 nitrogen and oxygen atoms in total. The molecule has 0 N–H and O–H groups in total. The average Bonchev–Trinajstić information content (AvgIpc) is 2.89. The summed E-state index contributed by atoms with van der Waals surface area (Å²) in [6.45, 7) is 5.75. The molecule has 0 amide bonds. The van der Waals surface area contributed by atoms with Gasteiger partial charge in [0, 0.05) is 11.1 Å². The summed E-state index contributed by atoms with van der Waals surface area (Å²) in [6, 6.07) is 2.09. The Kier molecular flexibility index (Phi) is 1.89. The zero-order valence-corrected chi connectivity index (χ0v) is 11.0. The van der Waals surface area contributed by atoms with Crippen molar-refractivity contribution in [1.29, 1.82) is 0 Å². The largest absolute Gasteiger partial charge is 0.264 e. The minimum absolute atomic E-state index is 0.799. The van der Waals surface area contributed by atoms with Gasteiger partial charge in [-0.3, -0.25) is 4.99 Å². The molecule has 0 saturated heterocycles. The second-order valence-corrected chi connectivity index (χ2v) is 5.56. The van der Waals surface area contributed by atoms with Crippen molar-refractivity contribution in [2.75, 3.05) is 13.1 Å². The first-order valence-electron chi connectivity index (χ1n) is 5.89. The topological polar surface area (TPSA) is 53.2 Å². The van der Waals surface area contributed by atoms with Crippen molar-refractivity contribution in [1.82, 2.24) is 9.99 Å². The number of aliphatic imine (C=N–C) groups is 1. The van der Waals surface area contributed by atoms with Crippen LogP contribution in [0.15, 0.2) is 21.4 Å². The third-order valence-corrected chi connectivity index (χ3v) is 4.30. The third-order valence-electron chi connectivity index (χ3n) is 3.24. The van der Waals surface area contributed by atoms with Crippen molar-refractivity contribution in [3.05, 3.63) is 22.2 Å². The van der Waals surface area contributed by atoms with Gasteiger partial charge in [0.2, 0.25) is 0 Å². The van der Waals surface area contributed by atoms with E-state index in [1.165, 1.54) is 5.56 Å². The first-order chi connectivity index (χ1) is 8.74. The van der Waals surface area contributed by atoms with Crippen LogP contribution in [0.1, 0.15) is 16.1 Å². The lowest BCUT2D eigenvalue weighted by atomic mass is 10.1. The molecule has 0 aliphatic carbocycles. The number of aromatic nitrogens is 1. The highest BCUT2D eigenvalue weighted by atomic mass is 32.1. The van der Waals surface area contributed by atoms with E-state index >= 15 is 0 Å². The zero-order chi connectivity index (χ0) is 12.3. The summed E-state index contributed by atoms with van der Waals surface area (Å²) in [4.78, 5) is 11.3. The fraction of sp³-hybridized carbons (Fsp3) is 0.333. The number of aryl methyl sites for hydroxylation is 2. The minimum atomic E-state index is 0.799. The van der Waals surface area contributed by atoms with Gasteiger partial charge in [-0.2, -0.15) is 0 Å². The Morgan fingerprint density at radius 2 is 2.22 bits per heavy atom. The van der Waals surface area contributed by atoms with Crippen LogP contribution < -0.4 is 0 Å². The zero-order valence-electron chi connectivity index (χ0n) is 10.1. The highest BCUT2D eigenvalue weighted by Crippen LogP contribution is 2.42. The Balaban J connectivity index is 2.10. The Bertz CT molecular complexity index is 728. The van der Waals surface area contributed by atoms with Crippen molar-refractivity contribution in [3.63, 3.8) is 0 Å². The molecule has 0 spiro atoms. The summed E-state index contributed by atoms with van der Waals surface area (Å²) in [5, 5.41) is 11.6. The fourth-order valence-electron chi connectivity index (χ4n) is 2.48. The van der Waals surface area contributed by atoms with Crippen LogP contribution in [-0.2, 0) is 0 Å². The van der Waals surface area contributed by atoms with Gasteiger partial charge in [-0.05, 0) is 25.5 Å². The number of pyridine rings is 1. The van der Waals surface area contributed by atoms with Crippen LogP contribution in [0.3, 0.4) is 0 Å². The van der Waals surface area contributed by atoms with Gasteiger partial charge in [0.05, 0.1) is 13.1 Å². The molecule has 6 heteroatoms. The highest BCUT2D eigenvalue weighted by molar-refractivity contribution is 7.21. The smallest absolute Gasteiger partial charge is 0.165 e. The van der Waals surface area contributed by atoms with E-state index in [1.807, 2.05) is 11.9 Å². The van der Waals surface area contributed by atoms with Gasteiger partial charge in [-0.15, -0.1) is 16.5 Å². The molecule has 2 aromatic heterocycles. The van der Waals surface area contributed by atoms with Crippen LogP contribution in [0.2, 0.25) is 0 Å². The first-order valence-corrected chi connectivity index (χ1v) is 6.70. The molecule has 2 aliphatic rings. The van der Waals surface area contributed by atoms with Crippen molar-refractivity contribution in [2.24, 2.45) is 15.3 Å². The number of thiophene rings is 1. The maximum Gasteiger partial charge on any atom is 0.165 e. The van der Waals surface area contributed by atoms with Crippen LogP contribution in [0, 0.1) is 13.8 Å². The molecule has 2 aliphatic heterocycles. The molecule has 0 bridgehead atoms. The summed E-state index contributed by atoms with van der Waals surface area (Å²) in [7, 11) is 0. The number of hydrogen-bond acceptors (Lipinski definition) is 6. The maximum absolute atomic E-state index is 4.60. The third kappa shape index (κ3) is 1.21. The monoisotopic (exact) mass is 257 g/mol. The van der Waals surface area contributed by atoms with Gasteiger partial charge >= 0.3 is 0 Å². The van der Waals surface area contributed by atoms with Crippen molar-refractivity contribution in [3.8, 4) is 0 Å². The number of hydrogen-bond donors (Lipinski definition) is 0. The average molecular weight is 257 g/mol. The Morgan fingerprint density at radius 3 is 3.11 bits per heavy atom. The van der Waals surface area contributed by atoms with Crippen LogP contribution >= 0.6 is 11.3 Å². The van der Waals surface area contributed by atoms with Gasteiger partial charge in [-0.1, -0.05) is 5.22 Å². The Hall–Kier alpha value is -1.82. The Labute approximate surface area is 108 Å². The van der Waals surface area contributed by atoms with Gasteiger partial charge in [0.25, 0.3) is 0 Å². The summed E-state index contributed by atoms with van der Waals surface area (Å²) in [6.07, 6.45) is 0. The van der Waals surface area contributed by atoms with Crippen LogP contribution in [0.4, 0.5) is 5.69 Å². The number of nitrogens with zero attached hydrogens (tertiary/aromatic N) is 5. The second kappa shape index (κ2) is 3.35. The standard InChI is InChI=1S/C12H11N5S/c1-6-5-7(2)14-12-8(6)9-10(18-12)11-13-3-4-17(11)16-15-9/h5H,3-4H2,1-2H3. The molecule has 0 unspecified atom stereocenters. The summed E-state index contributed by atoms with van der Waals surface area (Å²) in [5.74, 6) is 0.958. The quantitative estimate of drug-likeness (QED) is 0.728. The van der Waals surface area contributed by atoms with Gasteiger partial charge in [-0.25, -0.2) is 9.99 Å². The predicted molar refractivity (Wildman–Crippen MR) is 71.7 cm³/mol. The van der Waals surface area contributed by atoms with Crippen LogP contribution in [0.5, 0.6) is 0 Å². The van der Waals surface area contributed by atoms with Crippen molar-refractivity contribution < 1.29 is 0 Å². The number of fused-ring (bicyclic) bond motifs is 5. The molecule has 2 aromatic rings. The van der Waals surface area contributed by atoms with E-state index in [0.717, 1.165) is 45.4 Å². The van der Waals surface area contributed by atoms with E-state index in [4.69, 9.17) is 0 Å². The van der Waals surface area contributed by atoms with E-state index in [0.29, 0.717) is 0 Å². The number of rotatable bonds is 0. The fourth-order valence-corrected chi connectivity index (χ4v) is 3.73. The molecule has 0 aromatic carbocycles. The van der Waals surface area contributed by atoms with Gasteiger partial charge < -0.3 is 0 Å². The molecule has 0 saturated carbocycles. The predicted octanol–water partition coefficient (Wildman–Crippen LogP) is 2.99. The summed E-state index contributed by atoms with van der Waals surface area (Å²) >= 11 is 1.67. The normalized spacial score (nSPS) is 17.0. The molecular weight excluding hydrogens is 246 g/mol. The van der Waals surface area contributed by atoms with E-state index in [1.54, 1.807) is 11.3 Å². The molecule has 4 rings (SSSR count). The van der Waals surface area contributed by atoms with Crippen molar-refractivity contribution in [2.45, 2.75) is 13.8 Å². The molecule has 0 atom stereocenters. The highest BCUT2D eigenvalue weighted by Gasteiger charge is 2.29. The van der Waals surface area contributed by atoms with E-state index in [2.05, 4.69) is 33.3 Å². The summed E-state index contributed by atoms with van der Waals surface area (Å²) in [5.41, 5.74) is 3.19. The van der Waals surface area contributed by atoms with E-state index in [-0.39, 0.29) is 0 Å². The lowest BCUT2D eigenvalue weighted by Crippen LogP contribution is -2.23. The van der Waals surface area contributed by atoms with E-state index < -0.39 is 0 Å². The minimum Gasteiger partial charge on any atom is -0.264 e. The molecule has 0 fully saturated rings. The molecule has 18 heavy (non-hydrogen) atoms. The van der Waals surface area contributed by atoms with Crippen molar-refractivity contribution >= 4 is 33.1 Å². The molecular formula is C12H11N5S. The summed E-state index contributed by atoms with van der Waals surface area (Å²) < 4.78 is 0.